The van der Waals surface area contributed by atoms with Crippen molar-refractivity contribution in [2.45, 2.75) is 16.2 Å². The highest BCUT2D eigenvalue weighted by atomic mass is 32.2. The van der Waals surface area contributed by atoms with Gasteiger partial charge in [0.15, 0.2) is 0 Å². The molecule has 0 N–H and O–H groups in total. The fourth-order valence-corrected chi connectivity index (χ4v) is 3.25. The third kappa shape index (κ3) is 1.31. The molecule has 15 heavy (non-hydrogen) atoms. The molecule has 1 atom stereocenters. The van der Waals surface area contributed by atoms with Crippen LogP contribution in [0.25, 0.3) is 0 Å². The van der Waals surface area contributed by atoms with Gasteiger partial charge in [-0.2, -0.15) is 0 Å². The molecule has 0 saturated heterocycles. The van der Waals surface area contributed by atoms with Crippen molar-refractivity contribution < 1.29 is 4.21 Å². The summed E-state index contributed by atoms with van der Waals surface area (Å²) in [6.07, 6.45) is 4.35. The van der Waals surface area contributed by atoms with E-state index in [1.807, 2.05) is 36.5 Å². The topological polar surface area (TPSA) is 30.0 Å². The highest BCUT2D eigenvalue weighted by molar-refractivity contribution is 7.85. The van der Waals surface area contributed by atoms with E-state index in [1.54, 1.807) is 6.20 Å². The van der Waals surface area contributed by atoms with Crippen LogP contribution in [0.3, 0.4) is 0 Å². The van der Waals surface area contributed by atoms with E-state index in [9.17, 15) is 4.21 Å². The zero-order chi connectivity index (χ0) is 10.3. The largest absolute Gasteiger partial charge is 0.264 e. The van der Waals surface area contributed by atoms with Gasteiger partial charge in [0.1, 0.15) is 0 Å². The predicted octanol–water partition coefficient (Wildman–Crippen LogP) is 2.15. The van der Waals surface area contributed by atoms with Gasteiger partial charge in [-0.25, -0.2) is 4.21 Å². The van der Waals surface area contributed by atoms with Crippen molar-refractivity contribution in [1.29, 1.82) is 0 Å². The third-order valence-corrected chi connectivity index (χ3v) is 4.21. The van der Waals surface area contributed by atoms with E-state index < -0.39 is 10.8 Å². The minimum absolute atomic E-state index is 0.838. The number of benzene rings is 1. The summed E-state index contributed by atoms with van der Waals surface area (Å²) < 4.78 is 12.2. The first-order chi connectivity index (χ1) is 7.36. The Labute approximate surface area is 90.4 Å². The van der Waals surface area contributed by atoms with E-state index in [-0.39, 0.29) is 0 Å². The van der Waals surface area contributed by atoms with E-state index in [1.165, 1.54) is 0 Å². The van der Waals surface area contributed by atoms with Gasteiger partial charge < -0.3 is 0 Å². The lowest BCUT2D eigenvalue weighted by molar-refractivity contribution is 0.679. The zero-order valence-electron chi connectivity index (χ0n) is 8.01. The second-order valence-corrected chi connectivity index (χ2v) is 4.95. The first kappa shape index (κ1) is 8.80. The molecule has 0 spiro atoms. The second kappa shape index (κ2) is 3.28. The molecular weight excluding hydrogens is 206 g/mol. The fourth-order valence-electron chi connectivity index (χ4n) is 1.88. The molecule has 0 fully saturated rings. The maximum atomic E-state index is 12.2. The molecule has 1 aliphatic rings. The number of hydrogen-bond acceptors (Lipinski definition) is 2. The van der Waals surface area contributed by atoms with Gasteiger partial charge in [0.05, 0.1) is 15.7 Å². The Kier molecular flexibility index (Phi) is 1.92. The van der Waals surface area contributed by atoms with Crippen molar-refractivity contribution in [3.63, 3.8) is 0 Å². The Hall–Kier alpha value is -1.48. The summed E-state index contributed by atoms with van der Waals surface area (Å²) in [6.45, 7) is 0. The van der Waals surface area contributed by atoms with E-state index in [0.29, 0.717) is 0 Å². The molecule has 3 heteroatoms. The molecule has 0 aliphatic carbocycles. The van der Waals surface area contributed by atoms with Crippen molar-refractivity contribution >= 4 is 10.8 Å². The Balaban J connectivity index is 2.24. The van der Waals surface area contributed by atoms with Crippen molar-refractivity contribution in [1.82, 2.24) is 4.98 Å². The number of pyridine rings is 1. The number of rotatable bonds is 0. The van der Waals surface area contributed by atoms with Crippen LogP contribution in [0.4, 0.5) is 0 Å². The molecule has 0 radical (unpaired) electrons. The molecular formula is C12H9NOS. The monoisotopic (exact) mass is 215 g/mol. The summed E-state index contributed by atoms with van der Waals surface area (Å²) >= 11 is 0. The average Bonchev–Trinajstić information content (AvgIpc) is 2.30. The summed E-state index contributed by atoms with van der Waals surface area (Å²) in [6, 6.07) is 9.74. The smallest absolute Gasteiger partial charge is 0.0856 e. The number of hydrogen-bond donors (Lipinski definition) is 0. The minimum Gasteiger partial charge on any atom is -0.264 e. The van der Waals surface area contributed by atoms with Crippen LogP contribution >= 0.6 is 0 Å². The van der Waals surface area contributed by atoms with Gasteiger partial charge in [-0.15, -0.1) is 0 Å². The van der Waals surface area contributed by atoms with Gasteiger partial charge in [0.2, 0.25) is 0 Å². The minimum atomic E-state index is -1.03. The first-order valence-electron chi connectivity index (χ1n) is 4.79. The van der Waals surface area contributed by atoms with E-state index in [2.05, 4.69) is 4.98 Å². The lowest BCUT2D eigenvalue weighted by Gasteiger charge is -2.17. The van der Waals surface area contributed by atoms with Crippen LogP contribution in [0.5, 0.6) is 0 Å². The SMILES string of the molecule is O=S1c2ccccc2Cc2cnccc21. The molecule has 1 aliphatic heterocycles. The number of nitrogens with zero attached hydrogens (tertiary/aromatic N) is 1. The standard InChI is InChI=1S/C12H9NOS/c14-15-11-4-2-1-3-9(11)7-10-8-13-6-5-12(10)15/h1-6,8H,7H2. The van der Waals surface area contributed by atoms with Crippen LogP contribution < -0.4 is 0 Å². The summed E-state index contributed by atoms with van der Waals surface area (Å²) in [5, 5.41) is 0. The molecule has 1 aromatic heterocycles. The maximum Gasteiger partial charge on any atom is 0.0856 e. The van der Waals surface area contributed by atoms with Crippen molar-refractivity contribution in [2.24, 2.45) is 0 Å². The summed E-state index contributed by atoms with van der Waals surface area (Å²) in [7, 11) is -1.03. The van der Waals surface area contributed by atoms with Crippen LogP contribution in [0.2, 0.25) is 0 Å². The van der Waals surface area contributed by atoms with Crippen molar-refractivity contribution in [3.05, 3.63) is 53.9 Å². The Bertz CT molecular complexity index is 503. The summed E-state index contributed by atoms with van der Waals surface area (Å²) in [5.41, 5.74) is 2.23. The number of aromatic nitrogens is 1. The quantitative estimate of drug-likeness (QED) is 0.575. The Morgan fingerprint density at radius 1 is 1.07 bits per heavy atom. The predicted molar refractivity (Wildman–Crippen MR) is 58.2 cm³/mol. The molecule has 2 aromatic rings. The average molecular weight is 215 g/mol. The zero-order valence-corrected chi connectivity index (χ0v) is 8.83. The van der Waals surface area contributed by atoms with E-state index in [0.717, 1.165) is 27.3 Å². The van der Waals surface area contributed by atoms with Gasteiger partial charge in [-0.1, -0.05) is 18.2 Å². The van der Waals surface area contributed by atoms with Crippen LogP contribution in [0, 0.1) is 0 Å². The van der Waals surface area contributed by atoms with Crippen LogP contribution in [-0.2, 0) is 17.2 Å². The van der Waals surface area contributed by atoms with Gasteiger partial charge in [0, 0.05) is 23.7 Å². The maximum absolute atomic E-state index is 12.2. The van der Waals surface area contributed by atoms with E-state index in [4.69, 9.17) is 0 Å². The highest BCUT2D eigenvalue weighted by Gasteiger charge is 2.20. The van der Waals surface area contributed by atoms with Gasteiger partial charge in [0.25, 0.3) is 0 Å². The Morgan fingerprint density at radius 2 is 1.87 bits per heavy atom. The van der Waals surface area contributed by atoms with Crippen LogP contribution in [0.15, 0.2) is 52.5 Å². The molecule has 0 bridgehead atoms. The third-order valence-electron chi connectivity index (χ3n) is 2.61. The molecule has 1 unspecified atom stereocenters. The lowest BCUT2D eigenvalue weighted by atomic mass is 10.1. The lowest BCUT2D eigenvalue weighted by Crippen LogP contribution is -2.09. The first-order valence-corrected chi connectivity index (χ1v) is 5.94. The van der Waals surface area contributed by atoms with Gasteiger partial charge >= 0.3 is 0 Å². The molecule has 3 rings (SSSR count). The number of fused-ring (bicyclic) bond motifs is 2. The summed E-state index contributed by atoms with van der Waals surface area (Å²) in [4.78, 5) is 5.92. The molecule has 74 valence electrons. The van der Waals surface area contributed by atoms with Crippen LogP contribution in [0.1, 0.15) is 11.1 Å². The van der Waals surface area contributed by atoms with Gasteiger partial charge in [-0.05, 0) is 23.3 Å². The second-order valence-electron chi connectivity index (χ2n) is 3.54. The fraction of sp³-hybridized carbons (Fsp3) is 0.0833. The van der Waals surface area contributed by atoms with Crippen molar-refractivity contribution in [3.8, 4) is 0 Å². The van der Waals surface area contributed by atoms with E-state index >= 15 is 0 Å². The normalized spacial score (nSPS) is 18.0. The molecule has 0 saturated carbocycles. The van der Waals surface area contributed by atoms with Crippen molar-refractivity contribution in [2.75, 3.05) is 0 Å². The molecule has 0 amide bonds. The highest BCUT2D eigenvalue weighted by Crippen LogP contribution is 2.30. The molecule has 2 heterocycles. The summed E-state index contributed by atoms with van der Waals surface area (Å²) in [5.74, 6) is 0. The molecule has 2 nitrogen and oxygen atoms in total. The molecule has 1 aromatic carbocycles. The Morgan fingerprint density at radius 3 is 2.80 bits per heavy atom. The van der Waals surface area contributed by atoms with Crippen LogP contribution in [-0.4, -0.2) is 9.19 Å². The van der Waals surface area contributed by atoms with Gasteiger partial charge in [-0.3, -0.25) is 4.98 Å².